The molecular weight excluding hydrogens is 591 g/mol. The largest absolute Gasteiger partial charge is 0.416 e. The lowest BCUT2D eigenvalue weighted by atomic mass is 10.1. The van der Waals surface area contributed by atoms with Crippen LogP contribution in [-0.4, -0.2) is 25.0 Å². The van der Waals surface area contributed by atoms with Crippen molar-refractivity contribution in [1.29, 1.82) is 0 Å². The summed E-state index contributed by atoms with van der Waals surface area (Å²) in [5.74, 6) is -1.90. The van der Waals surface area contributed by atoms with Crippen molar-refractivity contribution >= 4 is 53.6 Å². The van der Waals surface area contributed by atoms with Gasteiger partial charge < -0.3 is 19.7 Å². The van der Waals surface area contributed by atoms with E-state index in [4.69, 9.17) is 32.2 Å². The van der Waals surface area contributed by atoms with Crippen LogP contribution in [0.5, 0.6) is 0 Å². The van der Waals surface area contributed by atoms with Crippen LogP contribution in [0.3, 0.4) is 0 Å². The maximum Gasteiger partial charge on any atom is 0.416 e. The zero-order chi connectivity index (χ0) is 29.5. The predicted octanol–water partition coefficient (Wildman–Crippen LogP) is 8.02. The van der Waals surface area contributed by atoms with Crippen molar-refractivity contribution in [2.45, 2.75) is 20.0 Å². The average molecular weight is 615 g/mol. The Hall–Kier alpha value is -3.14. The Morgan fingerprint density at radius 1 is 0.875 bits per heavy atom. The summed E-state index contributed by atoms with van der Waals surface area (Å²) in [5, 5.41) is 4.52. The van der Waals surface area contributed by atoms with Crippen LogP contribution in [0.2, 0.25) is 10.0 Å². The molecule has 3 aromatic rings. The number of anilines is 1. The molecule has 40 heavy (non-hydrogen) atoms. The van der Waals surface area contributed by atoms with Crippen LogP contribution in [0.25, 0.3) is 5.31 Å². The molecule has 0 saturated carbocycles. The van der Waals surface area contributed by atoms with Crippen LogP contribution in [-0.2, 0) is 24.6 Å². The van der Waals surface area contributed by atoms with E-state index in [1.54, 1.807) is 32.0 Å². The molecule has 0 aliphatic rings. The molecule has 0 fully saturated rings. The summed E-state index contributed by atoms with van der Waals surface area (Å²) in [6.07, 6.45) is -4.72. The van der Waals surface area contributed by atoms with Gasteiger partial charge in [-0.1, -0.05) is 53.5 Å². The third-order valence-electron chi connectivity index (χ3n) is 5.27. The first-order valence-electron chi connectivity index (χ1n) is 11.8. The second-order valence-electron chi connectivity index (χ2n) is 8.03. The molecule has 0 bridgehead atoms. The van der Waals surface area contributed by atoms with E-state index in [1.165, 1.54) is 36.4 Å². The van der Waals surface area contributed by atoms with Gasteiger partial charge in [0.2, 0.25) is 0 Å². The van der Waals surface area contributed by atoms with Crippen molar-refractivity contribution in [3.63, 3.8) is 0 Å². The van der Waals surface area contributed by atoms with Crippen molar-refractivity contribution in [1.82, 2.24) is 5.32 Å². The normalized spacial score (nSPS) is 12.5. The third-order valence-corrected chi connectivity index (χ3v) is 8.08. The van der Waals surface area contributed by atoms with E-state index in [0.29, 0.717) is 11.1 Å². The van der Waals surface area contributed by atoms with E-state index in [-0.39, 0.29) is 34.7 Å². The summed E-state index contributed by atoms with van der Waals surface area (Å²) in [7, 11) is -4.33. The molecule has 2 amide bonds. The number of halogens is 5. The van der Waals surface area contributed by atoms with Gasteiger partial charge in [0, 0.05) is 10.6 Å². The number of alkyl halides is 3. The summed E-state index contributed by atoms with van der Waals surface area (Å²) >= 11 is 12.1. The minimum atomic E-state index is -4.72. The van der Waals surface area contributed by atoms with Crippen molar-refractivity contribution in [2.75, 3.05) is 18.5 Å². The summed E-state index contributed by atoms with van der Waals surface area (Å²) in [6.45, 7) is 2.90. The predicted molar refractivity (Wildman–Crippen MR) is 148 cm³/mol. The second kappa shape index (κ2) is 13.5. The highest BCUT2D eigenvalue weighted by atomic mass is 35.5. The van der Waals surface area contributed by atoms with Crippen LogP contribution in [0.1, 0.15) is 35.3 Å². The Morgan fingerprint density at radius 2 is 1.48 bits per heavy atom. The number of amides is 2. The first-order valence-corrected chi connectivity index (χ1v) is 14.1. The van der Waals surface area contributed by atoms with Crippen LogP contribution >= 0.6 is 30.8 Å². The van der Waals surface area contributed by atoms with E-state index in [9.17, 15) is 27.3 Å². The Bertz CT molecular complexity index is 1440. The first-order chi connectivity index (χ1) is 18.9. The summed E-state index contributed by atoms with van der Waals surface area (Å²) < 4.78 is 65.2. The van der Waals surface area contributed by atoms with Gasteiger partial charge in [0.1, 0.15) is 11.0 Å². The molecule has 0 radical (unpaired) electrons. The number of rotatable bonds is 10. The van der Waals surface area contributed by atoms with Crippen molar-refractivity contribution in [2.24, 2.45) is 0 Å². The molecule has 2 N–H and O–H groups in total. The van der Waals surface area contributed by atoms with Gasteiger partial charge >= 0.3 is 13.8 Å². The molecule has 0 unspecified atom stereocenters. The van der Waals surface area contributed by atoms with E-state index < -0.39 is 42.5 Å². The molecule has 0 spiro atoms. The Morgan fingerprint density at radius 3 is 2.02 bits per heavy atom. The lowest BCUT2D eigenvalue weighted by Crippen LogP contribution is -2.32. The number of hydrogen-bond acceptors (Lipinski definition) is 5. The van der Waals surface area contributed by atoms with Crippen molar-refractivity contribution in [3.05, 3.63) is 105 Å². The average Bonchev–Trinajstić information content (AvgIpc) is 2.90. The molecule has 0 aromatic heterocycles. The lowest BCUT2D eigenvalue weighted by Gasteiger charge is -2.24. The molecule has 7 nitrogen and oxygen atoms in total. The first kappa shape index (κ1) is 31.4. The van der Waals surface area contributed by atoms with Gasteiger partial charge in [0.05, 0.1) is 29.5 Å². The number of benzene rings is 3. The van der Waals surface area contributed by atoms with Crippen LogP contribution in [0.4, 0.5) is 18.9 Å². The highest BCUT2D eigenvalue weighted by Crippen LogP contribution is 2.61. The highest BCUT2D eigenvalue weighted by Gasteiger charge is 2.37. The highest BCUT2D eigenvalue weighted by molar-refractivity contribution is 7.65. The molecule has 0 saturated heterocycles. The van der Waals surface area contributed by atoms with E-state index in [1.807, 2.05) is 0 Å². The topological polar surface area (TPSA) is 93.7 Å². The minimum Gasteiger partial charge on any atom is -0.319 e. The monoisotopic (exact) mass is 614 g/mol. The molecule has 0 heterocycles. The van der Waals surface area contributed by atoms with Gasteiger partial charge in [0.15, 0.2) is 0 Å². The summed E-state index contributed by atoms with van der Waals surface area (Å²) in [6, 6.07) is 15.9. The van der Waals surface area contributed by atoms with E-state index in [2.05, 4.69) is 10.6 Å². The van der Waals surface area contributed by atoms with Crippen LogP contribution < -0.4 is 10.6 Å². The third kappa shape index (κ3) is 7.74. The minimum absolute atomic E-state index is 0.102. The quantitative estimate of drug-likeness (QED) is 0.178. The molecule has 212 valence electrons. The zero-order valence-corrected chi connectivity index (χ0v) is 23.6. The maximum atomic E-state index is 14.1. The standard InChI is InChI=1S/C27H24Cl2F3N2O5P/c1-3-38-40(37,39-4-2)24(17-10-13-20(28)14-11-17)23(34-25(35)18-8-6-5-7-9-18)26(36)33-22-16-19(27(30,31)32)12-15-21(22)29/h5-16H,3-4H2,1-2H3,(H,33,36)(H,34,35)/b24-23-. The second-order valence-corrected chi connectivity index (χ2v) is 10.8. The molecule has 0 atom stereocenters. The molecule has 3 rings (SSSR count). The SMILES string of the molecule is CCOP(=O)(OCC)/C(=C(\NC(=O)c1ccccc1)C(=O)Nc1cc(C(F)(F)F)ccc1Cl)c1ccc(Cl)cc1. The van der Waals surface area contributed by atoms with E-state index >= 15 is 0 Å². The van der Waals surface area contributed by atoms with Gasteiger partial charge in [-0.25, -0.2) is 0 Å². The zero-order valence-electron chi connectivity index (χ0n) is 21.2. The van der Waals surface area contributed by atoms with Crippen LogP contribution in [0.15, 0.2) is 78.5 Å². The van der Waals surface area contributed by atoms with Gasteiger partial charge in [-0.05, 0) is 61.9 Å². The molecule has 3 aromatic carbocycles. The fraction of sp³-hybridized carbons (Fsp3) is 0.185. The number of carbonyl (C=O) groups excluding carboxylic acids is 2. The number of nitrogens with one attached hydrogen (secondary N) is 2. The Labute approximate surface area is 238 Å². The summed E-state index contributed by atoms with van der Waals surface area (Å²) in [5.41, 5.74) is -1.77. The molecule has 0 aliphatic heterocycles. The summed E-state index contributed by atoms with van der Waals surface area (Å²) in [4.78, 5) is 27.0. The smallest absolute Gasteiger partial charge is 0.319 e. The number of carbonyl (C=O) groups is 2. The number of hydrogen-bond donors (Lipinski definition) is 2. The fourth-order valence-electron chi connectivity index (χ4n) is 3.53. The fourth-order valence-corrected chi connectivity index (χ4v) is 5.73. The Balaban J connectivity index is 2.27. The lowest BCUT2D eigenvalue weighted by molar-refractivity contribution is -0.137. The van der Waals surface area contributed by atoms with Crippen LogP contribution in [0, 0.1) is 0 Å². The van der Waals surface area contributed by atoms with Gasteiger partial charge in [-0.3, -0.25) is 14.2 Å². The molecule has 0 aliphatic carbocycles. The van der Waals surface area contributed by atoms with Crippen molar-refractivity contribution < 1.29 is 36.4 Å². The van der Waals surface area contributed by atoms with Gasteiger partial charge in [0.25, 0.3) is 11.8 Å². The maximum absolute atomic E-state index is 14.1. The van der Waals surface area contributed by atoms with Gasteiger partial charge in [-0.2, -0.15) is 13.2 Å². The van der Waals surface area contributed by atoms with Gasteiger partial charge in [-0.15, -0.1) is 0 Å². The molecular formula is C27H24Cl2F3N2O5P. The molecule has 13 heteroatoms. The van der Waals surface area contributed by atoms with E-state index in [0.717, 1.165) is 12.1 Å². The Kier molecular flexibility index (Phi) is 10.6. The van der Waals surface area contributed by atoms with Crippen molar-refractivity contribution in [3.8, 4) is 0 Å².